The van der Waals surface area contributed by atoms with E-state index in [1.807, 2.05) is 24.0 Å². The number of carbonyl (C=O) groups is 1. The third kappa shape index (κ3) is 4.04. The third-order valence-corrected chi connectivity index (χ3v) is 6.11. The van der Waals surface area contributed by atoms with Crippen molar-refractivity contribution < 1.29 is 18.7 Å². The second-order valence-electron chi connectivity index (χ2n) is 7.94. The molecule has 1 amide bonds. The molecule has 6 heteroatoms. The van der Waals surface area contributed by atoms with Gasteiger partial charge < -0.3 is 18.8 Å². The second kappa shape index (κ2) is 8.57. The van der Waals surface area contributed by atoms with Crippen LogP contribution in [0.3, 0.4) is 0 Å². The number of carbonyl (C=O) groups excluding carboxylic acids is 1. The lowest BCUT2D eigenvalue weighted by Gasteiger charge is -2.35. The van der Waals surface area contributed by atoms with Crippen LogP contribution in [0, 0.1) is 0 Å². The molecular weight excluding hydrogens is 370 g/mol. The fraction of sp³-hybridized carbons (Fsp3) is 0.565. The highest BCUT2D eigenvalue weighted by Gasteiger charge is 2.29. The van der Waals surface area contributed by atoms with E-state index in [1.54, 1.807) is 13.0 Å². The first-order chi connectivity index (χ1) is 14.1. The number of benzene rings is 1. The van der Waals surface area contributed by atoms with Crippen molar-refractivity contribution in [2.24, 2.45) is 0 Å². The number of hydrogen-bond acceptors (Lipinski definition) is 5. The standard InChI is InChI=1S/C23H29NO5/c1-3-24(16-10-12-27-13-11-16)22(25)15(2)28-17-8-9-19-18-6-4-5-7-20(18)23(26)29-21(19)14-17/h8-9,14-16H,3-7,10-13H2,1-2H3. The molecule has 0 bridgehead atoms. The van der Waals surface area contributed by atoms with Crippen molar-refractivity contribution in [2.45, 2.75) is 64.5 Å². The molecule has 1 unspecified atom stereocenters. The molecule has 1 fully saturated rings. The molecule has 156 valence electrons. The number of aryl methyl sites for hydroxylation is 1. The number of nitrogens with zero attached hydrogens (tertiary/aromatic N) is 1. The molecule has 0 saturated carbocycles. The average Bonchev–Trinajstić information content (AvgIpc) is 2.75. The summed E-state index contributed by atoms with van der Waals surface area (Å²) in [7, 11) is 0. The number of likely N-dealkylation sites (N-methyl/N-ethyl adjacent to an activating group) is 1. The molecule has 1 atom stereocenters. The summed E-state index contributed by atoms with van der Waals surface area (Å²) in [5, 5.41) is 0.975. The van der Waals surface area contributed by atoms with E-state index in [1.165, 1.54) is 0 Å². The van der Waals surface area contributed by atoms with Gasteiger partial charge in [0.05, 0.1) is 0 Å². The summed E-state index contributed by atoms with van der Waals surface area (Å²) in [4.78, 5) is 27.2. The van der Waals surface area contributed by atoms with Crippen LogP contribution in [0.5, 0.6) is 5.75 Å². The molecule has 29 heavy (non-hydrogen) atoms. The average molecular weight is 399 g/mol. The molecule has 6 nitrogen and oxygen atoms in total. The summed E-state index contributed by atoms with van der Waals surface area (Å²) in [5.41, 5.74) is 2.21. The van der Waals surface area contributed by atoms with E-state index in [2.05, 4.69) is 0 Å². The molecule has 2 aliphatic rings. The van der Waals surface area contributed by atoms with Crippen molar-refractivity contribution in [3.8, 4) is 5.75 Å². The Bertz CT molecular complexity index is 944. The van der Waals surface area contributed by atoms with Gasteiger partial charge in [0, 0.05) is 42.8 Å². The lowest BCUT2D eigenvalue weighted by molar-refractivity contribution is -0.142. The minimum atomic E-state index is -0.611. The third-order valence-electron chi connectivity index (χ3n) is 6.11. The first-order valence-electron chi connectivity index (χ1n) is 10.7. The van der Waals surface area contributed by atoms with Crippen molar-refractivity contribution in [3.05, 3.63) is 39.7 Å². The molecule has 4 rings (SSSR count). The highest BCUT2D eigenvalue weighted by Crippen LogP contribution is 2.29. The molecular formula is C23H29NO5. The molecule has 2 heterocycles. The molecule has 0 spiro atoms. The zero-order valence-corrected chi connectivity index (χ0v) is 17.2. The van der Waals surface area contributed by atoms with Crippen LogP contribution in [-0.4, -0.2) is 42.7 Å². The van der Waals surface area contributed by atoms with Crippen LogP contribution in [-0.2, 0) is 22.4 Å². The molecule has 1 aliphatic heterocycles. The van der Waals surface area contributed by atoms with Crippen LogP contribution >= 0.6 is 0 Å². The second-order valence-corrected chi connectivity index (χ2v) is 7.94. The zero-order chi connectivity index (χ0) is 20.4. The van der Waals surface area contributed by atoms with Crippen LogP contribution < -0.4 is 10.4 Å². The van der Waals surface area contributed by atoms with Gasteiger partial charge in [0.15, 0.2) is 6.10 Å². The maximum absolute atomic E-state index is 13.0. The van der Waals surface area contributed by atoms with E-state index < -0.39 is 6.10 Å². The predicted octanol–water partition coefficient (Wildman–Crippen LogP) is 3.47. The Kier molecular flexibility index (Phi) is 5.90. The van der Waals surface area contributed by atoms with Gasteiger partial charge in [0.2, 0.25) is 0 Å². The number of rotatable bonds is 5. The van der Waals surface area contributed by atoms with Gasteiger partial charge in [-0.3, -0.25) is 4.79 Å². The SMILES string of the molecule is CCN(C(=O)C(C)Oc1ccc2c3c(c(=O)oc2c1)CCCC3)C1CCOCC1. The van der Waals surface area contributed by atoms with E-state index in [9.17, 15) is 9.59 Å². The van der Waals surface area contributed by atoms with E-state index in [4.69, 9.17) is 13.9 Å². The number of fused-ring (bicyclic) bond motifs is 3. The maximum Gasteiger partial charge on any atom is 0.339 e. The molecule has 1 aromatic heterocycles. The van der Waals surface area contributed by atoms with Crippen molar-refractivity contribution in [2.75, 3.05) is 19.8 Å². The smallest absolute Gasteiger partial charge is 0.339 e. The van der Waals surface area contributed by atoms with Gasteiger partial charge in [-0.15, -0.1) is 0 Å². The highest BCUT2D eigenvalue weighted by molar-refractivity contribution is 5.84. The predicted molar refractivity (Wildman–Crippen MR) is 110 cm³/mol. The quantitative estimate of drug-likeness (QED) is 0.720. The van der Waals surface area contributed by atoms with Crippen molar-refractivity contribution in [1.82, 2.24) is 4.90 Å². The largest absolute Gasteiger partial charge is 0.481 e. The van der Waals surface area contributed by atoms with Crippen LogP contribution in [0.1, 0.15) is 50.7 Å². The molecule has 1 aliphatic carbocycles. The van der Waals surface area contributed by atoms with Crippen LogP contribution in [0.2, 0.25) is 0 Å². The lowest BCUT2D eigenvalue weighted by atomic mass is 9.91. The van der Waals surface area contributed by atoms with E-state index >= 15 is 0 Å². The van der Waals surface area contributed by atoms with Gasteiger partial charge in [-0.25, -0.2) is 4.79 Å². The Balaban J connectivity index is 1.54. The molecule has 0 radical (unpaired) electrons. The number of ether oxygens (including phenoxy) is 2. The van der Waals surface area contributed by atoms with E-state index in [0.717, 1.165) is 55.0 Å². The molecule has 1 saturated heterocycles. The minimum absolute atomic E-state index is 0.0219. The Morgan fingerprint density at radius 3 is 2.66 bits per heavy atom. The summed E-state index contributed by atoms with van der Waals surface area (Å²) < 4.78 is 16.9. The molecule has 2 aromatic rings. The first kappa shape index (κ1) is 20.0. The van der Waals surface area contributed by atoms with Crippen molar-refractivity contribution in [3.63, 3.8) is 0 Å². The van der Waals surface area contributed by atoms with Crippen molar-refractivity contribution in [1.29, 1.82) is 0 Å². The number of hydrogen-bond donors (Lipinski definition) is 0. The Morgan fingerprint density at radius 2 is 1.93 bits per heavy atom. The normalized spacial score (nSPS) is 18.3. The van der Waals surface area contributed by atoms with Crippen molar-refractivity contribution >= 4 is 16.9 Å². The fourth-order valence-electron chi connectivity index (χ4n) is 4.58. The topological polar surface area (TPSA) is 69.0 Å². The molecule has 0 N–H and O–H groups in total. The van der Waals surface area contributed by atoms with Crippen LogP contribution in [0.25, 0.3) is 11.0 Å². The van der Waals surface area contributed by atoms with Gasteiger partial charge in [-0.2, -0.15) is 0 Å². The van der Waals surface area contributed by atoms with Crippen LogP contribution in [0.15, 0.2) is 27.4 Å². The summed E-state index contributed by atoms with van der Waals surface area (Å²) in [5.74, 6) is 0.520. The highest BCUT2D eigenvalue weighted by atomic mass is 16.5. The Labute approximate surface area is 170 Å². The van der Waals surface area contributed by atoms with Gasteiger partial charge in [-0.1, -0.05) is 0 Å². The number of amides is 1. The lowest BCUT2D eigenvalue weighted by Crippen LogP contribution is -2.48. The summed E-state index contributed by atoms with van der Waals surface area (Å²) in [6, 6.07) is 5.75. The van der Waals surface area contributed by atoms with Gasteiger partial charge in [0.1, 0.15) is 11.3 Å². The summed E-state index contributed by atoms with van der Waals surface area (Å²) >= 11 is 0. The van der Waals surface area contributed by atoms with E-state index in [0.29, 0.717) is 31.1 Å². The van der Waals surface area contributed by atoms with Gasteiger partial charge >= 0.3 is 5.63 Å². The van der Waals surface area contributed by atoms with Crippen LogP contribution in [0.4, 0.5) is 0 Å². The molecule has 1 aromatic carbocycles. The summed E-state index contributed by atoms with van der Waals surface area (Å²) in [6.45, 7) is 5.80. The fourth-order valence-corrected chi connectivity index (χ4v) is 4.58. The maximum atomic E-state index is 13.0. The summed E-state index contributed by atoms with van der Waals surface area (Å²) in [6.07, 6.45) is 4.93. The van der Waals surface area contributed by atoms with E-state index in [-0.39, 0.29) is 17.6 Å². The van der Waals surface area contributed by atoms with Gasteiger partial charge in [-0.05, 0) is 70.1 Å². The Hall–Kier alpha value is -2.34. The monoisotopic (exact) mass is 399 g/mol. The van der Waals surface area contributed by atoms with Gasteiger partial charge in [0.25, 0.3) is 5.91 Å². The first-order valence-corrected chi connectivity index (χ1v) is 10.7. The minimum Gasteiger partial charge on any atom is -0.481 e. The Morgan fingerprint density at radius 1 is 1.21 bits per heavy atom. The zero-order valence-electron chi connectivity index (χ0n) is 17.2.